The first-order chi connectivity index (χ1) is 15.3. The van der Waals surface area contributed by atoms with Crippen molar-refractivity contribution in [3.63, 3.8) is 0 Å². The molecule has 182 valence electrons. The highest BCUT2D eigenvalue weighted by Gasteiger charge is 2.58. The van der Waals surface area contributed by atoms with Crippen molar-refractivity contribution < 1.29 is 29.4 Å². The summed E-state index contributed by atoms with van der Waals surface area (Å²) >= 11 is 0. The molecule has 0 radical (unpaired) electrons. The summed E-state index contributed by atoms with van der Waals surface area (Å²) < 4.78 is 6.20. The van der Waals surface area contributed by atoms with Gasteiger partial charge in [0, 0.05) is 6.54 Å². The molecule has 0 saturated heterocycles. The Kier molecular flexibility index (Phi) is 7.75. The largest absolute Gasteiger partial charge is 0.714 e. The van der Waals surface area contributed by atoms with E-state index >= 15 is 0 Å². The predicted molar refractivity (Wildman–Crippen MR) is 121 cm³/mol. The van der Waals surface area contributed by atoms with Gasteiger partial charge in [0.25, 0.3) is 5.91 Å². The quantitative estimate of drug-likeness (QED) is 0.106. The maximum absolute atomic E-state index is 12.8. The van der Waals surface area contributed by atoms with Gasteiger partial charge in [-0.1, -0.05) is 0 Å². The van der Waals surface area contributed by atoms with Crippen LogP contribution < -0.4 is 21.5 Å². The first-order valence-corrected chi connectivity index (χ1v) is 10.4. The number of amides is 1. The van der Waals surface area contributed by atoms with Gasteiger partial charge in [-0.05, 0) is 64.8 Å². The van der Waals surface area contributed by atoms with Crippen molar-refractivity contribution in [1.82, 2.24) is 10.4 Å². The number of nitrogens with one attached hydrogen (secondary N) is 1. The second kappa shape index (κ2) is 9.94. The van der Waals surface area contributed by atoms with Crippen LogP contribution in [0.25, 0.3) is 0 Å². The third kappa shape index (κ3) is 5.64. The number of carboxylic acid groups (broad SMARTS) is 1. The standard InChI is InChI=1S/C21H32N6O6/c1-20(2)21(3,4)27(32)17(26(20)31)13-7-9-14(10-8-13)33-12-16(28)25-15(18(29)30)6-5-11-24-19(22)23/h7-10,15,31H,5-6,11-12H2,1-4H3,(H,25,28)(H,29,30)(H4,22,23,24)/t15-/m0/s1. The number of nitrogens with zero attached hydrogens (tertiary/aromatic N) is 3. The van der Waals surface area contributed by atoms with Crippen molar-refractivity contribution in [1.29, 1.82) is 0 Å². The van der Waals surface area contributed by atoms with E-state index in [4.69, 9.17) is 16.2 Å². The number of rotatable bonds is 10. The smallest absolute Gasteiger partial charge is 0.326 e. The molecule has 1 aromatic rings. The number of carbonyl (C=O) groups is 2. The molecular formula is C21H32N6O6. The summed E-state index contributed by atoms with van der Waals surface area (Å²) in [6, 6.07) is 5.20. The first-order valence-electron chi connectivity index (χ1n) is 10.4. The lowest BCUT2D eigenvalue weighted by atomic mass is 9.84. The summed E-state index contributed by atoms with van der Waals surface area (Å²) in [4.78, 5) is 27.2. The summed E-state index contributed by atoms with van der Waals surface area (Å²) in [7, 11) is 0. The molecule has 0 aliphatic carbocycles. The molecule has 0 saturated carbocycles. The first kappa shape index (κ1) is 25.7. The summed E-state index contributed by atoms with van der Waals surface area (Å²) in [5.41, 5.74) is 9.23. The fourth-order valence-electron chi connectivity index (χ4n) is 3.21. The lowest BCUT2D eigenvalue weighted by molar-refractivity contribution is -0.539. The van der Waals surface area contributed by atoms with Gasteiger partial charge >= 0.3 is 11.8 Å². The van der Waals surface area contributed by atoms with E-state index in [1.165, 1.54) is 0 Å². The van der Waals surface area contributed by atoms with Gasteiger partial charge in [0.2, 0.25) is 0 Å². The molecule has 1 amide bonds. The summed E-state index contributed by atoms with van der Waals surface area (Å²) in [6.45, 7) is 6.89. The average molecular weight is 465 g/mol. The number of amidine groups is 1. The van der Waals surface area contributed by atoms with E-state index in [1.807, 2.05) is 0 Å². The van der Waals surface area contributed by atoms with Crippen LogP contribution in [0.4, 0.5) is 0 Å². The number of aliphatic carboxylic acids is 1. The van der Waals surface area contributed by atoms with Crippen LogP contribution in [-0.2, 0) is 9.59 Å². The van der Waals surface area contributed by atoms with Crippen LogP contribution in [0, 0.1) is 5.21 Å². The fraction of sp³-hybridized carbons (Fsp3) is 0.524. The molecule has 12 nitrogen and oxygen atoms in total. The SMILES string of the molecule is CC1(C)N(O)C(c2ccc(OCC(=O)N[C@@H](CCCN=C(N)N)C(=O)O)cc2)=[N+]([O-])C1(C)C. The topological polar surface area (TPSA) is 190 Å². The van der Waals surface area contributed by atoms with E-state index < -0.39 is 35.6 Å². The van der Waals surface area contributed by atoms with Crippen molar-refractivity contribution in [3.05, 3.63) is 35.0 Å². The Morgan fingerprint density at radius 3 is 2.33 bits per heavy atom. The van der Waals surface area contributed by atoms with Gasteiger partial charge in [-0.25, -0.2) is 10.0 Å². The van der Waals surface area contributed by atoms with Crippen LogP contribution in [0.3, 0.4) is 0 Å². The highest BCUT2D eigenvalue weighted by molar-refractivity contribution is 5.96. The molecule has 0 spiro atoms. The van der Waals surface area contributed by atoms with Crippen LogP contribution in [-0.4, -0.2) is 74.1 Å². The number of guanidine groups is 1. The summed E-state index contributed by atoms with van der Waals surface area (Å²) in [6.07, 6.45) is 0.531. The fourth-order valence-corrected chi connectivity index (χ4v) is 3.21. The Balaban J connectivity index is 1.96. The third-order valence-electron chi connectivity index (χ3n) is 5.99. The molecule has 1 aromatic carbocycles. The van der Waals surface area contributed by atoms with Gasteiger partial charge in [-0.3, -0.25) is 14.5 Å². The Hall–Kier alpha value is -3.54. The lowest BCUT2D eigenvalue weighted by Gasteiger charge is -2.33. The number of hydrogen-bond acceptors (Lipinski definition) is 7. The number of nitrogens with two attached hydrogens (primary N) is 2. The van der Waals surface area contributed by atoms with Crippen molar-refractivity contribution in [2.75, 3.05) is 13.2 Å². The van der Waals surface area contributed by atoms with Crippen molar-refractivity contribution in [3.8, 4) is 5.75 Å². The van der Waals surface area contributed by atoms with E-state index in [2.05, 4.69) is 10.3 Å². The molecule has 0 aromatic heterocycles. The maximum atomic E-state index is 12.8. The normalized spacial score (nSPS) is 17.4. The predicted octanol–water partition coefficient (Wildman–Crippen LogP) is 0.207. The monoisotopic (exact) mass is 464 g/mol. The molecule has 0 fully saturated rings. The van der Waals surface area contributed by atoms with E-state index in [9.17, 15) is 25.1 Å². The Morgan fingerprint density at radius 1 is 1.24 bits per heavy atom. The number of benzene rings is 1. The molecule has 0 unspecified atom stereocenters. The number of carbonyl (C=O) groups excluding carboxylic acids is 1. The zero-order chi connectivity index (χ0) is 25.0. The molecule has 7 N–H and O–H groups in total. The number of carboxylic acids is 1. The molecule has 1 aliphatic rings. The minimum absolute atomic E-state index is 0.0845. The van der Waals surface area contributed by atoms with E-state index in [1.54, 1.807) is 52.0 Å². The second-order valence-electron chi connectivity index (χ2n) is 8.77. The lowest BCUT2D eigenvalue weighted by Crippen LogP contribution is -2.53. The molecule has 2 rings (SSSR count). The highest BCUT2D eigenvalue weighted by atomic mass is 16.5. The Bertz CT molecular complexity index is 937. The van der Waals surface area contributed by atoms with Crippen LogP contribution in [0.1, 0.15) is 46.1 Å². The third-order valence-corrected chi connectivity index (χ3v) is 5.99. The molecular weight excluding hydrogens is 432 g/mol. The van der Waals surface area contributed by atoms with Gasteiger partial charge in [0.1, 0.15) is 17.3 Å². The molecule has 0 bridgehead atoms. The zero-order valence-electron chi connectivity index (χ0n) is 19.2. The van der Waals surface area contributed by atoms with Gasteiger partial charge < -0.3 is 31.8 Å². The van der Waals surface area contributed by atoms with Crippen LogP contribution in [0.5, 0.6) is 5.75 Å². The van der Waals surface area contributed by atoms with E-state index in [0.717, 1.165) is 9.80 Å². The zero-order valence-corrected chi connectivity index (χ0v) is 19.2. The van der Waals surface area contributed by atoms with Crippen molar-refractivity contribution in [2.45, 2.75) is 57.7 Å². The summed E-state index contributed by atoms with van der Waals surface area (Å²) in [5.74, 6) is -1.41. The number of hydrogen-bond donors (Lipinski definition) is 5. The maximum Gasteiger partial charge on any atom is 0.326 e. The van der Waals surface area contributed by atoms with E-state index in [-0.39, 0.29) is 24.8 Å². The minimum Gasteiger partial charge on any atom is -0.714 e. The Labute approximate surface area is 192 Å². The van der Waals surface area contributed by atoms with Gasteiger partial charge in [0.05, 0.1) is 5.56 Å². The van der Waals surface area contributed by atoms with Crippen LogP contribution in [0.15, 0.2) is 29.3 Å². The van der Waals surface area contributed by atoms with Gasteiger partial charge in [0.15, 0.2) is 18.1 Å². The average Bonchev–Trinajstić information content (AvgIpc) is 2.85. The van der Waals surface area contributed by atoms with Crippen molar-refractivity contribution in [2.24, 2.45) is 16.5 Å². The molecule has 1 heterocycles. The molecule has 33 heavy (non-hydrogen) atoms. The van der Waals surface area contributed by atoms with Gasteiger partial charge in [-0.2, -0.15) is 0 Å². The van der Waals surface area contributed by atoms with Crippen LogP contribution in [0.2, 0.25) is 0 Å². The second-order valence-corrected chi connectivity index (χ2v) is 8.77. The number of aliphatic imine (C=N–C) groups is 1. The summed E-state index contributed by atoms with van der Waals surface area (Å²) in [5, 5.41) is 35.9. The number of hydroxylamine groups is 3. The van der Waals surface area contributed by atoms with Crippen LogP contribution >= 0.6 is 0 Å². The Morgan fingerprint density at radius 2 is 1.85 bits per heavy atom. The number of ether oxygens (including phenoxy) is 1. The minimum atomic E-state index is -1.17. The molecule has 1 aliphatic heterocycles. The molecule has 12 heteroatoms. The molecule has 1 atom stereocenters. The van der Waals surface area contributed by atoms with E-state index in [0.29, 0.717) is 17.7 Å². The highest BCUT2D eigenvalue weighted by Crippen LogP contribution is 2.37. The van der Waals surface area contributed by atoms with Crippen molar-refractivity contribution >= 4 is 23.7 Å². The van der Waals surface area contributed by atoms with Gasteiger partial charge in [-0.15, -0.1) is 5.06 Å².